The Morgan fingerprint density at radius 3 is 2.57 bits per heavy atom. The smallest absolute Gasteiger partial charge is 0.329 e. The fourth-order valence-electron chi connectivity index (χ4n) is 2.03. The molecule has 1 unspecified atom stereocenters. The highest BCUT2D eigenvalue weighted by atomic mass is 32.2. The van der Waals surface area contributed by atoms with Gasteiger partial charge in [-0.1, -0.05) is 24.3 Å². The molecule has 1 aromatic carbocycles. The number of nitrogens with zero attached hydrogens (tertiary/aromatic N) is 2. The molecule has 0 amide bonds. The van der Waals surface area contributed by atoms with E-state index < -0.39 is 11.4 Å². The topological polar surface area (TPSA) is 37.5 Å². The summed E-state index contributed by atoms with van der Waals surface area (Å²) < 4.78 is 30.0. The molecule has 3 nitrogen and oxygen atoms in total. The van der Waals surface area contributed by atoms with Crippen molar-refractivity contribution in [1.82, 2.24) is 9.38 Å². The molecular formula is C15H12F2N2OS. The average Bonchev–Trinajstić information content (AvgIpc) is 2.91. The second-order valence-electron chi connectivity index (χ2n) is 4.49. The first-order chi connectivity index (χ1) is 10.1. The second kappa shape index (κ2) is 5.46. The second-order valence-corrected chi connectivity index (χ2v) is 5.71. The van der Waals surface area contributed by atoms with Crippen molar-refractivity contribution >= 4 is 17.4 Å². The van der Waals surface area contributed by atoms with E-state index in [0.29, 0.717) is 22.3 Å². The van der Waals surface area contributed by atoms with Crippen LogP contribution in [0.4, 0.5) is 8.78 Å². The Balaban J connectivity index is 1.91. The van der Waals surface area contributed by atoms with Gasteiger partial charge in [-0.3, -0.25) is 0 Å². The predicted octanol–water partition coefficient (Wildman–Crippen LogP) is 3.75. The van der Waals surface area contributed by atoms with Crippen LogP contribution in [0.5, 0.6) is 0 Å². The average molecular weight is 306 g/mol. The zero-order chi connectivity index (χ0) is 14.9. The normalized spacial score (nSPS) is 13.5. The van der Waals surface area contributed by atoms with Gasteiger partial charge in [-0.25, -0.2) is 4.98 Å². The summed E-state index contributed by atoms with van der Waals surface area (Å²) in [7, 11) is 0. The highest BCUT2D eigenvalue weighted by Crippen LogP contribution is 2.44. The molecule has 0 spiro atoms. The van der Waals surface area contributed by atoms with Crippen molar-refractivity contribution in [3.63, 3.8) is 0 Å². The first-order valence-corrected chi connectivity index (χ1v) is 7.11. The zero-order valence-electron chi connectivity index (χ0n) is 10.9. The van der Waals surface area contributed by atoms with Gasteiger partial charge in [0.15, 0.2) is 6.10 Å². The summed E-state index contributed by atoms with van der Waals surface area (Å²) in [6.45, 7) is 0. The van der Waals surface area contributed by atoms with Gasteiger partial charge in [0.05, 0.1) is 11.9 Å². The number of fused-ring (bicyclic) bond motifs is 1. The van der Waals surface area contributed by atoms with Crippen LogP contribution in [0.1, 0.15) is 11.8 Å². The third kappa shape index (κ3) is 2.77. The van der Waals surface area contributed by atoms with Crippen LogP contribution in [-0.4, -0.2) is 19.7 Å². The minimum Gasteiger partial charge on any atom is -0.380 e. The maximum absolute atomic E-state index is 14.3. The minimum absolute atomic E-state index is 0.0685. The van der Waals surface area contributed by atoms with Crippen LogP contribution in [0, 0.1) is 0 Å². The van der Waals surface area contributed by atoms with Crippen LogP contribution in [0.2, 0.25) is 0 Å². The summed E-state index contributed by atoms with van der Waals surface area (Å²) in [4.78, 5) is 4.42. The minimum atomic E-state index is -3.35. The van der Waals surface area contributed by atoms with Crippen molar-refractivity contribution in [2.75, 3.05) is 0 Å². The van der Waals surface area contributed by atoms with Gasteiger partial charge < -0.3 is 9.51 Å². The Morgan fingerprint density at radius 2 is 1.81 bits per heavy atom. The van der Waals surface area contributed by atoms with Crippen LogP contribution in [0.3, 0.4) is 0 Å². The van der Waals surface area contributed by atoms with E-state index in [1.54, 1.807) is 54.7 Å². The SMILES string of the molecule is OC(c1cnc2ccccn12)C(F)(F)Sc1ccccc1. The van der Waals surface area contributed by atoms with Crippen molar-refractivity contribution in [3.05, 3.63) is 66.6 Å². The number of hydrogen-bond acceptors (Lipinski definition) is 3. The molecule has 0 aliphatic carbocycles. The number of halogens is 2. The van der Waals surface area contributed by atoms with Crippen LogP contribution in [0.25, 0.3) is 5.65 Å². The molecule has 21 heavy (non-hydrogen) atoms. The van der Waals surface area contributed by atoms with E-state index in [9.17, 15) is 13.9 Å². The fraction of sp³-hybridized carbons (Fsp3) is 0.133. The molecule has 0 aliphatic rings. The van der Waals surface area contributed by atoms with E-state index >= 15 is 0 Å². The number of pyridine rings is 1. The van der Waals surface area contributed by atoms with Crippen LogP contribution in [0.15, 0.2) is 65.8 Å². The summed E-state index contributed by atoms with van der Waals surface area (Å²) in [6.07, 6.45) is 0.934. The van der Waals surface area contributed by atoms with E-state index in [4.69, 9.17) is 0 Å². The van der Waals surface area contributed by atoms with E-state index in [-0.39, 0.29) is 5.69 Å². The van der Waals surface area contributed by atoms with Gasteiger partial charge in [-0.15, -0.1) is 0 Å². The van der Waals surface area contributed by atoms with Crippen molar-refractivity contribution in [1.29, 1.82) is 0 Å². The Morgan fingerprint density at radius 1 is 1.10 bits per heavy atom. The lowest BCUT2D eigenvalue weighted by Crippen LogP contribution is -2.23. The molecule has 0 aliphatic heterocycles. The summed E-state index contributed by atoms with van der Waals surface area (Å²) in [5.74, 6) is 0. The molecular weight excluding hydrogens is 294 g/mol. The monoisotopic (exact) mass is 306 g/mol. The number of hydrogen-bond donors (Lipinski definition) is 1. The number of benzene rings is 1. The molecule has 2 aromatic heterocycles. The summed E-state index contributed by atoms with van der Waals surface area (Å²) in [5, 5.41) is 6.71. The largest absolute Gasteiger partial charge is 0.380 e. The highest BCUT2D eigenvalue weighted by Gasteiger charge is 2.42. The maximum Gasteiger partial charge on any atom is 0.329 e. The molecule has 3 rings (SSSR count). The van der Waals surface area contributed by atoms with Gasteiger partial charge in [0.2, 0.25) is 0 Å². The molecule has 1 N–H and O–H groups in total. The van der Waals surface area contributed by atoms with E-state index in [1.165, 1.54) is 10.6 Å². The van der Waals surface area contributed by atoms with Gasteiger partial charge in [0, 0.05) is 11.1 Å². The van der Waals surface area contributed by atoms with Gasteiger partial charge >= 0.3 is 5.25 Å². The first-order valence-electron chi connectivity index (χ1n) is 6.30. The van der Waals surface area contributed by atoms with Gasteiger partial charge in [-0.2, -0.15) is 8.78 Å². The number of rotatable bonds is 4. The van der Waals surface area contributed by atoms with Crippen molar-refractivity contribution < 1.29 is 13.9 Å². The number of imidazole rings is 1. The van der Waals surface area contributed by atoms with Gasteiger partial charge in [-0.05, 0) is 36.0 Å². The molecule has 6 heteroatoms. The lowest BCUT2D eigenvalue weighted by Gasteiger charge is -2.21. The number of alkyl halides is 2. The Bertz CT molecular complexity index is 746. The molecule has 3 aromatic rings. The standard InChI is InChI=1S/C15H12F2N2OS/c16-15(17,21-11-6-2-1-3-7-11)14(20)12-10-18-13-8-4-5-9-19(12)13/h1-10,14,20H. The number of aromatic nitrogens is 2. The molecule has 0 radical (unpaired) electrons. The quantitative estimate of drug-likeness (QED) is 0.746. The number of thioether (sulfide) groups is 1. The molecule has 0 fully saturated rings. The van der Waals surface area contributed by atoms with Gasteiger partial charge in [0.1, 0.15) is 5.65 Å². The maximum atomic E-state index is 14.3. The Kier molecular flexibility index (Phi) is 3.65. The van der Waals surface area contributed by atoms with Gasteiger partial charge in [0.25, 0.3) is 0 Å². The molecule has 108 valence electrons. The number of aliphatic hydroxyl groups excluding tert-OH is 1. The Hall–Kier alpha value is -1.92. The van der Waals surface area contributed by atoms with Crippen molar-refractivity contribution in [3.8, 4) is 0 Å². The van der Waals surface area contributed by atoms with E-state index in [2.05, 4.69) is 4.98 Å². The number of aliphatic hydroxyl groups is 1. The molecule has 0 bridgehead atoms. The van der Waals surface area contributed by atoms with Crippen molar-refractivity contribution in [2.24, 2.45) is 0 Å². The summed E-state index contributed by atoms with van der Waals surface area (Å²) in [6, 6.07) is 13.4. The van der Waals surface area contributed by atoms with Crippen LogP contribution in [-0.2, 0) is 0 Å². The third-order valence-corrected chi connectivity index (χ3v) is 4.04. The summed E-state index contributed by atoms with van der Waals surface area (Å²) >= 11 is 0.336. The highest BCUT2D eigenvalue weighted by molar-refractivity contribution is 8.00. The van der Waals surface area contributed by atoms with E-state index in [0.717, 1.165) is 0 Å². The molecule has 2 heterocycles. The lowest BCUT2D eigenvalue weighted by atomic mass is 10.3. The fourth-order valence-corrected chi connectivity index (χ4v) is 2.87. The molecule has 1 atom stereocenters. The van der Waals surface area contributed by atoms with Crippen LogP contribution < -0.4 is 0 Å². The molecule has 0 saturated carbocycles. The summed E-state index contributed by atoms with van der Waals surface area (Å²) in [5.41, 5.74) is 0.589. The third-order valence-electron chi connectivity index (χ3n) is 3.04. The molecule has 0 saturated heterocycles. The lowest BCUT2D eigenvalue weighted by molar-refractivity contribution is -0.0381. The van der Waals surface area contributed by atoms with E-state index in [1.807, 2.05) is 0 Å². The van der Waals surface area contributed by atoms with Crippen molar-refractivity contribution in [2.45, 2.75) is 16.3 Å². The van der Waals surface area contributed by atoms with Crippen LogP contribution >= 0.6 is 11.8 Å². The predicted molar refractivity (Wildman–Crippen MR) is 77.4 cm³/mol. The zero-order valence-corrected chi connectivity index (χ0v) is 11.7. The Labute approximate surface area is 124 Å². The first kappa shape index (κ1) is 14.0.